The molecule has 0 aliphatic rings. The van der Waals surface area contributed by atoms with Gasteiger partial charge in [-0.3, -0.25) is 9.78 Å². The molecule has 1 heterocycles. The number of amides is 1. The van der Waals surface area contributed by atoms with Gasteiger partial charge in [-0.05, 0) is 49.2 Å². The Morgan fingerprint density at radius 2 is 1.89 bits per heavy atom. The molecular formula is C21H20ClN3O2. The van der Waals surface area contributed by atoms with Crippen LogP contribution in [-0.2, 0) is 0 Å². The van der Waals surface area contributed by atoms with Crippen LogP contribution in [0.4, 0.5) is 17.1 Å². The summed E-state index contributed by atoms with van der Waals surface area (Å²) in [6, 6.07) is 13.2. The number of aromatic nitrogens is 1. The number of hydrogen-bond acceptors (Lipinski definition) is 4. The van der Waals surface area contributed by atoms with Gasteiger partial charge in [0.1, 0.15) is 5.75 Å². The molecule has 6 heteroatoms. The highest BCUT2D eigenvalue weighted by Gasteiger charge is 2.13. The van der Waals surface area contributed by atoms with E-state index in [9.17, 15) is 4.79 Å². The van der Waals surface area contributed by atoms with E-state index in [2.05, 4.69) is 15.6 Å². The first-order valence-corrected chi connectivity index (χ1v) is 8.78. The van der Waals surface area contributed by atoms with E-state index in [1.807, 2.05) is 38.1 Å². The molecule has 0 aliphatic carbocycles. The minimum atomic E-state index is -0.282. The number of nitrogens with one attached hydrogen (secondary N) is 2. The zero-order valence-electron chi connectivity index (χ0n) is 15.3. The minimum absolute atomic E-state index is 0.282. The molecule has 138 valence electrons. The molecule has 0 fully saturated rings. The summed E-state index contributed by atoms with van der Waals surface area (Å²) >= 11 is 6.12. The molecular weight excluding hydrogens is 362 g/mol. The van der Waals surface area contributed by atoms with E-state index in [1.165, 1.54) is 13.3 Å². The van der Waals surface area contributed by atoms with E-state index in [4.69, 9.17) is 16.3 Å². The number of ether oxygens (including phenoxy) is 1. The van der Waals surface area contributed by atoms with E-state index in [1.54, 1.807) is 24.4 Å². The van der Waals surface area contributed by atoms with Crippen LogP contribution < -0.4 is 15.4 Å². The van der Waals surface area contributed by atoms with Crippen molar-refractivity contribution in [3.8, 4) is 5.75 Å². The number of nitrogens with zero attached hydrogens (tertiary/aromatic N) is 1. The van der Waals surface area contributed by atoms with Gasteiger partial charge in [-0.1, -0.05) is 23.7 Å². The summed E-state index contributed by atoms with van der Waals surface area (Å²) in [5.74, 6) is 0.219. The monoisotopic (exact) mass is 381 g/mol. The quantitative estimate of drug-likeness (QED) is 0.624. The number of rotatable bonds is 5. The summed E-state index contributed by atoms with van der Waals surface area (Å²) in [6.07, 6.45) is 3.19. The smallest absolute Gasteiger partial charge is 0.257 e. The molecule has 27 heavy (non-hydrogen) atoms. The summed E-state index contributed by atoms with van der Waals surface area (Å²) in [7, 11) is 1.53. The molecule has 2 N–H and O–H groups in total. The van der Waals surface area contributed by atoms with Crippen LogP contribution in [0.3, 0.4) is 0 Å². The second kappa shape index (κ2) is 8.10. The number of anilines is 3. The van der Waals surface area contributed by atoms with Crippen LogP contribution in [0.1, 0.15) is 21.5 Å². The Kier molecular flexibility index (Phi) is 5.62. The predicted octanol–water partition coefficient (Wildman–Crippen LogP) is 5.36. The van der Waals surface area contributed by atoms with E-state index >= 15 is 0 Å². The van der Waals surface area contributed by atoms with Crippen molar-refractivity contribution in [3.05, 3.63) is 76.6 Å². The minimum Gasteiger partial charge on any atom is -0.495 e. The van der Waals surface area contributed by atoms with E-state index in [-0.39, 0.29) is 5.91 Å². The van der Waals surface area contributed by atoms with Gasteiger partial charge in [-0.2, -0.15) is 0 Å². The summed E-state index contributed by atoms with van der Waals surface area (Å²) in [6.45, 7) is 3.89. The number of aryl methyl sites for hydroxylation is 2. The van der Waals surface area contributed by atoms with Crippen molar-refractivity contribution >= 4 is 34.6 Å². The fraction of sp³-hybridized carbons (Fsp3) is 0.143. The molecule has 2 aromatic carbocycles. The maximum atomic E-state index is 12.7. The molecule has 0 radical (unpaired) electrons. The third-order valence-electron chi connectivity index (χ3n) is 4.04. The molecule has 0 spiro atoms. The SMILES string of the molecule is COc1cc(Cl)c(C)cc1NC(=O)c1cncc(Nc2cccc(C)c2)c1. The average molecular weight is 382 g/mol. The Balaban J connectivity index is 1.81. The van der Waals surface area contributed by atoms with Crippen molar-refractivity contribution in [3.63, 3.8) is 0 Å². The lowest BCUT2D eigenvalue weighted by Crippen LogP contribution is -2.13. The molecule has 5 nitrogen and oxygen atoms in total. The predicted molar refractivity (Wildman–Crippen MR) is 109 cm³/mol. The lowest BCUT2D eigenvalue weighted by atomic mass is 10.2. The second-order valence-electron chi connectivity index (χ2n) is 6.21. The number of benzene rings is 2. The highest BCUT2D eigenvalue weighted by molar-refractivity contribution is 6.31. The van der Waals surface area contributed by atoms with Crippen molar-refractivity contribution in [2.75, 3.05) is 17.7 Å². The van der Waals surface area contributed by atoms with Gasteiger partial charge in [0.05, 0.1) is 30.2 Å². The molecule has 0 bridgehead atoms. The van der Waals surface area contributed by atoms with E-state index in [0.29, 0.717) is 22.0 Å². The topological polar surface area (TPSA) is 63.2 Å². The van der Waals surface area contributed by atoms with Gasteiger partial charge in [-0.25, -0.2) is 0 Å². The first-order valence-electron chi connectivity index (χ1n) is 8.40. The Morgan fingerprint density at radius 1 is 1.07 bits per heavy atom. The Bertz CT molecular complexity index is 989. The van der Waals surface area contributed by atoms with Crippen molar-refractivity contribution < 1.29 is 9.53 Å². The van der Waals surface area contributed by atoms with Crippen molar-refractivity contribution in [2.45, 2.75) is 13.8 Å². The van der Waals surface area contributed by atoms with Crippen LogP contribution in [0, 0.1) is 13.8 Å². The van der Waals surface area contributed by atoms with E-state index in [0.717, 1.165) is 22.5 Å². The number of hydrogen-bond donors (Lipinski definition) is 2. The van der Waals surface area contributed by atoms with Crippen molar-refractivity contribution in [1.82, 2.24) is 4.98 Å². The second-order valence-corrected chi connectivity index (χ2v) is 6.62. The summed E-state index contributed by atoms with van der Waals surface area (Å²) in [4.78, 5) is 16.8. The van der Waals surface area contributed by atoms with Gasteiger partial charge in [0.15, 0.2) is 0 Å². The van der Waals surface area contributed by atoms with Crippen LogP contribution >= 0.6 is 11.6 Å². The molecule has 0 aliphatic heterocycles. The van der Waals surface area contributed by atoms with Gasteiger partial charge in [0.25, 0.3) is 5.91 Å². The zero-order chi connectivity index (χ0) is 19.4. The standard InChI is InChI=1S/C21H20ClN3O2/c1-13-5-4-6-16(7-13)24-17-9-15(11-23-12-17)21(26)25-19-8-14(2)18(22)10-20(19)27-3/h4-12,24H,1-3H3,(H,25,26). The van der Waals surface area contributed by atoms with Gasteiger partial charge in [-0.15, -0.1) is 0 Å². The summed E-state index contributed by atoms with van der Waals surface area (Å²) in [5, 5.41) is 6.69. The molecule has 0 saturated heterocycles. The Hall–Kier alpha value is -3.05. The van der Waals surface area contributed by atoms with Crippen LogP contribution in [0.2, 0.25) is 5.02 Å². The third kappa shape index (κ3) is 4.57. The van der Waals surface area contributed by atoms with Crippen LogP contribution in [-0.4, -0.2) is 18.0 Å². The molecule has 3 rings (SSSR count). The number of halogens is 1. The highest BCUT2D eigenvalue weighted by atomic mass is 35.5. The normalized spacial score (nSPS) is 10.4. The van der Waals surface area contributed by atoms with Crippen molar-refractivity contribution in [1.29, 1.82) is 0 Å². The van der Waals surface area contributed by atoms with Gasteiger partial charge < -0.3 is 15.4 Å². The largest absolute Gasteiger partial charge is 0.495 e. The van der Waals surface area contributed by atoms with Gasteiger partial charge >= 0.3 is 0 Å². The zero-order valence-corrected chi connectivity index (χ0v) is 16.1. The lowest BCUT2D eigenvalue weighted by molar-refractivity contribution is 0.102. The number of methoxy groups -OCH3 is 1. The molecule has 0 atom stereocenters. The van der Waals surface area contributed by atoms with Crippen molar-refractivity contribution in [2.24, 2.45) is 0 Å². The molecule has 1 amide bonds. The fourth-order valence-electron chi connectivity index (χ4n) is 2.65. The van der Waals surface area contributed by atoms with Gasteiger partial charge in [0.2, 0.25) is 0 Å². The van der Waals surface area contributed by atoms with E-state index < -0.39 is 0 Å². The summed E-state index contributed by atoms with van der Waals surface area (Å²) in [5.41, 5.74) is 4.65. The van der Waals surface area contributed by atoms with Crippen LogP contribution in [0.25, 0.3) is 0 Å². The Morgan fingerprint density at radius 3 is 2.63 bits per heavy atom. The van der Waals surface area contributed by atoms with Crippen LogP contribution in [0.15, 0.2) is 54.9 Å². The van der Waals surface area contributed by atoms with Crippen LogP contribution in [0.5, 0.6) is 5.75 Å². The lowest BCUT2D eigenvalue weighted by Gasteiger charge is -2.13. The first kappa shape index (κ1) is 18.7. The molecule has 0 unspecified atom stereocenters. The highest BCUT2D eigenvalue weighted by Crippen LogP contribution is 2.31. The molecule has 1 aromatic heterocycles. The number of carbonyl (C=O) groups excluding carboxylic acids is 1. The maximum absolute atomic E-state index is 12.7. The Labute approximate surface area is 163 Å². The average Bonchev–Trinajstić information content (AvgIpc) is 2.64. The number of pyridine rings is 1. The first-order chi connectivity index (χ1) is 13.0. The third-order valence-corrected chi connectivity index (χ3v) is 4.44. The summed E-state index contributed by atoms with van der Waals surface area (Å²) < 4.78 is 5.30. The number of carbonyl (C=O) groups is 1. The molecule has 0 saturated carbocycles. The molecule has 3 aromatic rings. The van der Waals surface area contributed by atoms with Gasteiger partial charge in [0, 0.05) is 23.0 Å². The fourth-order valence-corrected chi connectivity index (χ4v) is 2.80. The maximum Gasteiger partial charge on any atom is 0.257 e.